The molecule has 116 valence electrons. The van der Waals surface area contributed by atoms with Crippen molar-refractivity contribution in [1.82, 2.24) is 15.6 Å². The molecule has 1 heterocycles. The van der Waals surface area contributed by atoms with Crippen molar-refractivity contribution in [3.05, 3.63) is 23.4 Å². The van der Waals surface area contributed by atoms with E-state index < -0.39 is 6.04 Å². The zero-order chi connectivity index (χ0) is 15.8. The molecule has 8 nitrogen and oxygen atoms in total. The number of amides is 2. The fourth-order valence-electron chi connectivity index (χ4n) is 1.65. The van der Waals surface area contributed by atoms with Crippen molar-refractivity contribution in [2.24, 2.45) is 5.84 Å². The van der Waals surface area contributed by atoms with E-state index in [1.165, 1.54) is 6.07 Å². The first-order chi connectivity index (χ1) is 9.97. The van der Waals surface area contributed by atoms with E-state index in [1.54, 1.807) is 27.0 Å². The Bertz CT molecular complexity index is 507. The van der Waals surface area contributed by atoms with Crippen LogP contribution in [0, 0.1) is 6.92 Å². The van der Waals surface area contributed by atoms with Gasteiger partial charge < -0.3 is 20.8 Å². The average molecular weight is 295 g/mol. The van der Waals surface area contributed by atoms with Gasteiger partial charge in [-0.2, -0.15) is 0 Å². The third-order valence-electron chi connectivity index (χ3n) is 2.71. The number of nitrogens with one attached hydrogen (secondary N) is 3. The summed E-state index contributed by atoms with van der Waals surface area (Å²) in [4.78, 5) is 27.9. The van der Waals surface area contributed by atoms with Gasteiger partial charge in [-0.1, -0.05) is 0 Å². The average Bonchev–Trinajstić information content (AvgIpc) is 2.46. The van der Waals surface area contributed by atoms with Crippen molar-refractivity contribution in [2.45, 2.75) is 19.9 Å². The number of ether oxygens (including phenoxy) is 1. The summed E-state index contributed by atoms with van der Waals surface area (Å²) in [6.07, 6.45) is 0. The molecule has 1 unspecified atom stereocenters. The predicted octanol–water partition coefficient (Wildman–Crippen LogP) is -0.443. The number of hydrogen-bond acceptors (Lipinski definition) is 6. The highest BCUT2D eigenvalue weighted by molar-refractivity contribution is 5.98. The predicted molar refractivity (Wildman–Crippen MR) is 78.6 cm³/mol. The molecule has 0 aliphatic carbocycles. The zero-order valence-corrected chi connectivity index (χ0v) is 12.4. The van der Waals surface area contributed by atoms with Gasteiger partial charge in [-0.3, -0.25) is 9.59 Å². The first-order valence-corrected chi connectivity index (χ1v) is 6.50. The molecule has 1 aromatic rings. The number of pyridine rings is 1. The van der Waals surface area contributed by atoms with Crippen molar-refractivity contribution in [3.63, 3.8) is 0 Å². The Morgan fingerprint density at radius 1 is 1.43 bits per heavy atom. The van der Waals surface area contributed by atoms with Crippen LogP contribution >= 0.6 is 0 Å². The summed E-state index contributed by atoms with van der Waals surface area (Å²) in [5.41, 5.74) is 3.42. The Hall–Kier alpha value is -2.19. The minimum atomic E-state index is -0.655. The van der Waals surface area contributed by atoms with Gasteiger partial charge in [-0.25, -0.2) is 10.8 Å². The first kappa shape index (κ1) is 16.9. The van der Waals surface area contributed by atoms with Gasteiger partial charge in [0, 0.05) is 24.9 Å². The third-order valence-corrected chi connectivity index (χ3v) is 2.71. The second kappa shape index (κ2) is 8.18. The fraction of sp³-hybridized carbons (Fsp3) is 0.462. The molecule has 0 saturated heterocycles. The summed E-state index contributed by atoms with van der Waals surface area (Å²) >= 11 is 0. The van der Waals surface area contributed by atoms with Crippen LogP contribution in [0.25, 0.3) is 0 Å². The second-order valence-electron chi connectivity index (χ2n) is 4.51. The number of hydrogen-bond donors (Lipinski definition) is 4. The Morgan fingerprint density at radius 2 is 2.14 bits per heavy atom. The van der Waals surface area contributed by atoms with Gasteiger partial charge in [-0.05, 0) is 26.0 Å². The molecule has 1 rings (SSSR count). The van der Waals surface area contributed by atoms with E-state index in [-0.39, 0.29) is 11.8 Å². The number of nitrogens with two attached hydrogens (primary N) is 1. The number of methoxy groups -OCH3 is 1. The topological polar surface area (TPSA) is 118 Å². The van der Waals surface area contributed by atoms with Gasteiger partial charge in [0.15, 0.2) is 0 Å². The van der Waals surface area contributed by atoms with Crippen LogP contribution in [0.2, 0.25) is 0 Å². The lowest BCUT2D eigenvalue weighted by molar-refractivity contribution is -0.122. The van der Waals surface area contributed by atoms with Crippen molar-refractivity contribution >= 4 is 17.6 Å². The van der Waals surface area contributed by atoms with Crippen LogP contribution in [0.3, 0.4) is 0 Å². The van der Waals surface area contributed by atoms with E-state index in [9.17, 15) is 9.59 Å². The maximum Gasteiger partial charge on any atom is 0.252 e. The number of rotatable bonds is 7. The molecule has 0 fully saturated rings. The smallest absolute Gasteiger partial charge is 0.252 e. The molecule has 0 radical (unpaired) electrons. The number of aryl methyl sites for hydroxylation is 1. The third kappa shape index (κ3) is 5.36. The van der Waals surface area contributed by atoms with Gasteiger partial charge in [0.25, 0.3) is 5.91 Å². The molecule has 21 heavy (non-hydrogen) atoms. The van der Waals surface area contributed by atoms with Gasteiger partial charge in [0.2, 0.25) is 5.91 Å². The van der Waals surface area contributed by atoms with E-state index >= 15 is 0 Å². The maximum atomic E-state index is 12.1. The van der Waals surface area contributed by atoms with Crippen LogP contribution in [0.1, 0.15) is 23.0 Å². The van der Waals surface area contributed by atoms with E-state index in [1.807, 2.05) is 0 Å². The number of anilines is 1. The highest BCUT2D eigenvalue weighted by atomic mass is 16.5. The van der Waals surface area contributed by atoms with Gasteiger partial charge >= 0.3 is 0 Å². The molecule has 0 spiro atoms. The van der Waals surface area contributed by atoms with Crippen molar-refractivity contribution in [3.8, 4) is 0 Å². The van der Waals surface area contributed by atoms with Crippen molar-refractivity contribution in [2.75, 3.05) is 25.7 Å². The summed E-state index contributed by atoms with van der Waals surface area (Å²) in [5, 5.41) is 5.26. The normalized spacial score (nSPS) is 11.6. The molecule has 1 atom stereocenters. The highest BCUT2D eigenvalue weighted by Crippen LogP contribution is 2.09. The molecule has 0 bridgehead atoms. The molecule has 0 aliphatic rings. The van der Waals surface area contributed by atoms with Gasteiger partial charge in [0.05, 0.1) is 6.61 Å². The Balaban J connectivity index is 2.63. The van der Waals surface area contributed by atoms with Crippen molar-refractivity contribution < 1.29 is 14.3 Å². The molecular weight excluding hydrogens is 274 g/mol. The Kier molecular flexibility index (Phi) is 6.57. The lowest BCUT2D eigenvalue weighted by atomic mass is 10.2. The fourth-order valence-corrected chi connectivity index (χ4v) is 1.65. The number of nitrogen functional groups attached to an aromatic ring is 1. The van der Waals surface area contributed by atoms with Crippen LogP contribution in [0.5, 0.6) is 0 Å². The van der Waals surface area contributed by atoms with Crippen LogP contribution < -0.4 is 21.9 Å². The first-order valence-electron chi connectivity index (χ1n) is 6.50. The number of hydrazine groups is 1. The zero-order valence-electron chi connectivity index (χ0n) is 12.4. The number of carbonyl (C=O) groups is 2. The molecule has 5 N–H and O–H groups in total. The molecule has 2 amide bonds. The Labute approximate surface area is 123 Å². The van der Waals surface area contributed by atoms with Crippen LogP contribution in [-0.2, 0) is 9.53 Å². The lowest BCUT2D eigenvalue weighted by Crippen LogP contribution is -2.45. The molecule has 0 aliphatic heterocycles. The minimum absolute atomic E-state index is 0.275. The Morgan fingerprint density at radius 3 is 2.76 bits per heavy atom. The van der Waals surface area contributed by atoms with E-state index in [4.69, 9.17) is 10.6 Å². The number of carbonyl (C=O) groups excluding carboxylic acids is 2. The van der Waals surface area contributed by atoms with E-state index in [2.05, 4.69) is 21.0 Å². The molecule has 0 aromatic carbocycles. The summed E-state index contributed by atoms with van der Waals surface area (Å²) in [6.45, 7) is 4.17. The van der Waals surface area contributed by atoms with Crippen molar-refractivity contribution in [1.29, 1.82) is 0 Å². The van der Waals surface area contributed by atoms with Gasteiger partial charge in [0.1, 0.15) is 11.9 Å². The summed E-state index contributed by atoms with van der Waals surface area (Å²) in [7, 11) is 1.55. The van der Waals surface area contributed by atoms with Crippen LogP contribution in [0.15, 0.2) is 12.1 Å². The molecule has 8 heteroatoms. The monoisotopic (exact) mass is 295 g/mol. The number of nitrogens with zero attached hydrogens (tertiary/aromatic N) is 1. The largest absolute Gasteiger partial charge is 0.383 e. The van der Waals surface area contributed by atoms with Crippen LogP contribution in [-0.4, -0.2) is 43.1 Å². The maximum absolute atomic E-state index is 12.1. The number of aromatic nitrogens is 1. The quantitative estimate of drug-likeness (QED) is 0.307. The van der Waals surface area contributed by atoms with E-state index in [0.29, 0.717) is 30.2 Å². The summed E-state index contributed by atoms with van der Waals surface area (Å²) < 4.78 is 4.83. The highest BCUT2D eigenvalue weighted by Gasteiger charge is 2.17. The molecule has 1 aromatic heterocycles. The standard InChI is InChI=1S/C13H21N5O3/c1-8-6-10(7-11(16-8)18-14)13(20)17-9(2)12(19)15-4-5-21-3/h6-7,9H,4-5,14H2,1-3H3,(H,15,19)(H,16,18)(H,17,20). The van der Waals surface area contributed by atoms with E-state index in [0.717, 1.165) is 0 Å². The minimum Gasteiger partial charge on any atom is -0.383 e. The van der Waals surface area contributed by atoms with Crippen LogP contribution in [0.4, 0.5) is 5.82 Å². The van der Waals surface area contributed by atoms with Gasteiger partial charge in [-0.15, -0.1) is 0 Å². The summed E-state index contributed by atoms with van der Waals surface area (Å²) in [5.74, 6) is 5.03. The summed E-state index contributed by atoms with van der Waals surface area (Å²) in [6, 6.07) is 2.47. The molecule has 0 saturated carbocycles. The molecular formula is C13H21N5O3. The lowest BCUT2D eigenvalue weighted by Gasteiger charge is -2.14. The SMILES string of the molecule is COCCNC(=O)C(C)NC(=O)c1cc(C)nc(NN)c1. The second-order valence-corrected chi connectivity index (χ2v) is 4.51.